The molecule has 1 spiro atoms. The zero-order valence-electron chi connectivity index (χ0n) is 17.7. The molecule has 6 rings (SSSR count). The van der Waals surface area contributed by atoms with Gasteiger partial charge in [0.05, 0.1) is 22.0 Å². The Labute approximate surface area is 177 Å². The first-order valence-corrected chi connectivity index (χ1v) is 11.5. The van der Waals surface area contributed by atoms with Crippen LogP contribution < -0.4 is 5.56 Å². The van der Waals surface area contributed by atoms with Crippen LogP contribution in [0, 0.1) is 0 Å². The molecule has 4 heteroatoms. The predicted octanol–water partition coefficient (Wildman–Crippen LogP) is 4.76. The summed E-state index contributed by atoms with van der Waals surface area (Å²) in [6, 6.07) is 15.2. The van der Waals surface area contributed by atoms with Gasteiger partial charge in [-0.25, -0.2) is 0 Å². The molecule has 4 nitrogen and oxygen atoms in total. The summed E-state index contributed by atoms with van der Waals surface area (Å²) in [5.41, 5.74) is 4.95. The number of piperidine rings is 1. The highest BCUT2D eigenvalue weighted by atomic mass is 16.1. The predicted molar refractivity (Wildman–Crippen MR) is 121 cm³/mol. The minimum atomic E-state index is -0.0952. The van der Waals surface area contributed by atoms with E-state index in [1.807, 2.05) is 18.2 Å². The Morgan fingerprint density at radius 2 is 1.77 bits per heavy atom. The molecule has 3 aromatic rings. The first kappa shape index (κ1) is 18.3. The average molecular weight is 400 g/mol. The van der Waals surface area contributed by atoms with Crippen molar-refractivity contribution in [3.63, 3.8) is 0 Å². The Kier molecular flexibility index (Phi) is 4.14. The first-order valence-electron chi connectivity index (χ1n) is 11.5. The Balaban J connectivity index is 1.60. The van der Waals surface area contributed by atoms with E-state index in [1.165, 1.54) is 62.0 Å². The van der Waals surface area contributed by atoms with Gasteiger partial charge in [-0.2, -0.15) is 4.98 Å². The quantitative estimate of drug-likeness (QED) is 0.592. The van der Waals surface area contributed by atoms with Crippen LogP contribution in [-0.4, -0.2) is 34.6 Å². The van der Waals surface area contributed by atoms with Crippen molar-refractivity contribution >= 4 is 10.9 Å². The van der Waals surface area contributed by atoms with Crippen molar-refractivity contribution in [2.75, 3.05) is 20.1 Å². The SMILES string of the molecule is CN1CCC(c2ccc3c(c2)-n2c(nc(=O)c4ccccc42)C32CCCCC2)CC1. The fourth-order valence-corrected chi connectivity index (χ4v) is 6.24. The minimum absolute atomic E-state index is 0.0786. The highest BCUT2D eigenvalue weighted by molar-refractivity contribution is 5.82. The van der Waals surface area contributed by atoms with Crippen LogP contribution >= 0.6 is 0 Å². The lowest BCUT2D eigenvalue weighted by Crippen LogP contribution is -2.32. The maximum absolute atomic E-state index is 12.9. The molecule has 2 fully saturated rings. The van der Waals surface area contributed by atoms with Gasteiger partial charge < -0.3 is 4.90 Å². The van der Waals surface area contributed by atoms with Crippen molar-refractivity contribution in [3.8, 4) is 5.69 Å². The van der Waals surface area contributed by atoms with Crippen molar-refractivity contribution in [1.29, 1.82) is 0 Å². The summed E-state index contributed by atoms with van der Waals surface area (Å²) in [5, 5.41) is 0.727. The van der Waals surface area contributed by atoms with E-state index in [4.69, 9.17) is 4.98 Å². The smallest absolute Gasteiger partial charge is 0.280 e. The second kappa shape index (κ2) is 6.78. The zero-order valence-corrected chi connectivity index (χ0v) is 17.7. The molecular weight excluding hydrogens is 370 g/mol. The van der Waals surface area contributed by atoms with Crippen LogP contribution in [-0.2, 0) is 5.41 Å². The maximum atomic E-state index is 12.9. The number of hydrogen-bond acceptors (Lipinski definition) is 3. The molecule has 2 aromatic carbocycles. The van der Waals surface area contributed by atoms with E-state index in [1.54, 1.807) is 0 Å². The molecule has 0 bridgehead atoms. The molecule has 1 saturated carbocycles. The Hall–Kier alpha value is -2.46. The molecule has 1 aromatic heterocycles. The highest BCUT2D eigenvalue weighted by Crippen LogP contribution is 2.52. The van der Waals surface area contributed by atoms with Crippen LogP contribution in [0.3, 0.4) is 0 Å². The fraction of sp³-hybridized carbons (Fsp3) is 0.462. The largest absolute Gasteiger partial charge is 0.306 e. The summed E-state index contributed by atoms with van der Waals surface area (Å²) in [4.78, 5) is 20.1. The highest BCUT2D eigenvalue weighted by Gasteiger charge is 2.46. The summed E-state index contributed by atoms with van der Waals surface area (Å²) in [7, 11) is 2.22. The van der Waals surface area contributed by atoms with Crippen LogP contribution in [0.2, 0.25) is 0 Å². The third-order valence-corrected chi connectivity index (χ3v) is 7.90. The first-order chi connectivity index (χ1) is 14.7. The molecule has 0 amide bonds. The molecule has 0 N–H and O–H groups in total. The lowest BCUT2D eigenvalue weighted by Gasteiger charge is -2.34. The van der Waals surface area contributed by atoms with Gasteiger partial charge in [-0.1, -0.05) is 43.5 Å². The average Bonchev–Trinajstić information content (AvgIpc) is 3.04. The van der Waals surface area contributed by atoms with Gasteiger partial charge in [-0.3, -0.25) is 9.36 Å². The Bertz CT molecular complexity index is 1180. The molecule has 2 aliphatic heterocycles. The molecule has 1 aliphatic carbocycles. The van der Waals surface area contributed by atoms with Crippen molar-refractivity contribution < 1.29 is 0 Å². The van der Waals surface area contributed by atoms with Crippen LogP contribution in [0.5, 0.6) is 0 Å². The van der Waals surface area contributed by atoms with Crippen LogP contribution in [0.25, 0.3) is 16.6 Å². The van der Waals surface area contributed by atoms with Crippen LogP contribution in [0.1, 0.15) is 67.8 Å². The van der Waals surface area contributed by atoms with Gasteiger partial charge in [0, 0.05) is 0 Å². The van der Waals surface area contributed by atoms with Crippen molar-refractivity contribution in [3.05, 3.63) is 69.8 Å². The summed E-state index contributed by atoms with van der Waals surface area (Å²) in [6.07, 6.45) is 8.32. The molecule has 0 unspecified atom stereocenters. The number of hydrogen-bond donors (Lipinski definition) is 0. The Morgan fingerprint density at radius 1 is 1.00 bits per heavy atom. The van der Waals surface area contributed by atoms with E-state index in [9.17, 15) is 4.79 Å². The van der Waals surface area contributed by atoms with Crippen LogP contribution in [0.15, 0.2) is 47.3 Å². The summed E-state index contributed by atoms with van der Waals surface area (Å²) in [5.74, 6) is 1.61. The molecule has 3 aliphatic rings. The van der Waals surface area contributed by atoms with Gasteiger partial charge >= 0.3 is 0 Å². The van der Waals surface area contributed by atoms with Gasteiger partial charge in [-0.15, -0.1) is 0 Å². The molecule has 0 atom stereocenters. The molecule has 154 valence electrons. The standard InChI is InChI=1S/C26H29N3O/c1-28-15-11-18(12-16-28)19-9-10-21-23(17-19)29-22-8-4-3-7-20(22)24(30)27-25(29)26(21)13-5-2-6-14-26/h3-4,7-10,17-18H,2,5-6,11-16H2,1H3. The maximum Gasteiger partial charge on any atom is 0.280 e. The van der Waals surface area contributed by atoms with E-state index in [-0.39, 0.29) is 11.0 Å². The summed E-state index contributed by atoms with van der Waals surface area (Å²) in [6.45, 7) is 2.33. The molecule has 1 saturated heterocycles. The topological polar surface area (TPSA) is 38.1 Å². The molecular formula is C26H29N3O. The van der Waals surface area contributed by atoms with Crippen molar-refractivity contribution in [1.82, 2.24) is 14.5 Å². The number of aromatic nitrogens is 2. The number of likely N-dealkylation sites (tertiary alicyclic amines) is 1. The van der Waals surface area contributed by atoms with E-state index < -0.39 is 0 Å². The summed E-state index contributed by atoms with van der Waals surface area (Å²) < 4.78 is 2.33. The van der Waals surface area contributed by atoms with E-state index in [2.05, 4.69) is 40.8 Å². The van der Waals surface area contributed by atoms with Gasteiger partial charge in [0.2, 0.25) is 0 Å². The van der Waals surface area contributed by atoms with E-state index in [0.29, 0.717) is 5.92 Å². The fourth-order valence-electron chi connectivity index (χ4n) is 6.24. The van der Waals surface area contributed by atoms with Gasteiger partial charge in [0.25, 0.3) is 5.56 Å². The number of para-hydroxylation sites is 1. The van der Waals surface area contributed by atoms with Crippen LogP contribution in [0.4, 0.5) is 0 Å². The number of nitrogens with zero attached hydrogens (tertiary/aromatic N) is 3. The molecule has 0 radical (unpaired) electrons. The normalized spacial score (nSPS) is 21.1. The van der Waals surface area contributed by atoms with Crippen molar-refractivity contribution in [2.24, 2.45) is 0 Å². The number of rotatable bonds is 1. The van der Waals surface area contributed by atoms with Crippen molar-refractivity contribution in [2.45, 2.75) is 56.3 Å². The lowest BCUT2D eigenvalue weighted by atomic mass is 9.69. The second-order valence-electron chi connectivity index (χ2n) is 9.59. The van der Waals surface area contributed by atoms with E-state index in [0.717, 1.165) is 29.6 Å². The van der Waals surface area contributed by atoms with Gasteiger partial charge in [-0.05, 0) is 81.1 Å². The van der Waals surface area contributed by atoms with Gasteiger partial charge in [0.1, 0.15) is 5.82 Å². The lowest BCUT2D eigenvalue weighted by molar-refractivity contribution is 0.255. The molecule has 3 heterocycles. The Morgan fingerprint density at radius 3 is 2.57 bits per heavy atom. The second-order valence-corrected chi connectivity index (χ2v) is 9.59. The van der Waals surface area contributed by atoms with E-state index >= 15 is 0 Å². The minimum Gasteiger partial charge on any atom is -0.306 e. The monoisotopic (exact) mass is 399 g/mol. The number of fused-ring (bicyclic) bond motifs is 7. The third kappa shape index (κ3) is 2.56. The third-order valence-electron chi connectivity index (χ3n) is 7.90. The van der Waals surface area contributed by atoms with Gasteiger partial charge in [0.15, 0.2) is 0 Å². The molecule has 30 heavy (non-hydrogen) atoms. The zero-order chi connectivity index (χ0) is 20.3. The number of benzene rings is 2. The summed E-state index contributed by atoms with van der Waals surface area (Å²) >= 11 is 0.